The molecule has 0 saturated carbocycles. The number of hydrogen-bond donors (Lipinski definition) is 8. The number of carboxylic acids is 1. The molecule has 0 saturated heterocycles. The summed E-state index contributed by atoms with van der Waals surface area (Å²) in [4.78, 5) is 61.1. The summed E-state index contributed by atoms with van der Waals surface area (Å²) < 4.78 is 0. The molecule has 0 spiro atoms. The fraction of sp³-hybridized carbons (Fsp3) is 0.773. The van der Waals surface area contributed by atoms with Crippen molar-refractivity contribution in [1.82, 2.24) is 16.0 Å². The molecule has 0 bridgehead atoms. The minimum atomic E-state index is -1.23. The van der Waals surface area contributed by atoms with Crippen LogP contribution < -0.4 is 38.9 Å². The Hall–Kier alpha value is -2.77. The Labute approximate surface area is 206 Å². The SMILES string of the molecule is CC(C)[C@H](NC(=O)[C@H](CCC(N)=O)NC(=O)[C@H](CCCCN)NC(=O)[C@@H](N)CCCCN)C(=O)O. The first kappa shape index (κ1) is 32.2. The van der Waals surface area contributed by atoms with Crippen LogP contribution in [0.25, 0.3) is 0 Å². The van der Waals surface area contributed by atoms with E-state index < -0.39 is 59.7 Å². The van der Waals surface area contributed by atoms with Gasteiger partial charge in [-0.15, -0.1) is 0 Å². The lowest BCUT2D eigenvalue weighted by Crippen LogP contribution is -2.57. The number of carbonyl (C=O) groups excluding carboxylic acids is 4. The van der Waals surface area contributed by atoms with Crippen LogP contribution in [-0.2, 0) is 24.0 Å². The van der Waals surface area contributed by atoms with E-state index in [1.807, 2.05) is 0 Å². The molecule has 0 rings (SSSR count). The molecule has 0 aromatic heterocycles. The summed E-state index contributed by atoms with van der Waals surface area (Å²) in [5.41, 5.74) is 22.1. The largest absolute Gasteiger partial charge is 0.480 e. The Balaban J connectivity index is 5.50. The van der Waals surface area contributed by atoms with E-state index in [9.17, 15) is 29.1 Å². The average molecular weight is 502 g/mol. The minimum absolute atomic E-state index is 0.139. The molecule has 4 amide bonds. The summed E-state index contributed by atoms with van der Waals surface area (Å²) >= 11 is 0. The Bertz CT molecular complexity index is 704. The van der Waals surface area contributed by atoms with E-state index in [0.29, 0.717) is 45.2 Å². The van der Waals surface area contributed by atoms with Gasteiger partial charge in [-0.25, -0.2) is 4.79 Å². The van der Waals surface area contributed by atoms with Crippen LogP contribution in [0.1, 0.15) is 65.2 Å². The molecular weight excluding hydrogens is 458 g/mol. The Kier molecular flexibility index (Phi) is 16.2. The summed E-state index contributed by atoms with van der Waals surface area (Å²) in [7, 11) is 0. The second kappa shape index (κ2) is 17.6. The zero-order valence-corrected chi connectivity index (χ0v) is 20.8. The van der Waals surface area contributed by atoms with Gasteiger partial charge in [-0.05, 0) is 57.5 Å². The van der Waals surface area contributed by atoms with Crippen LogP contribution >= 0.6 is 0 Å². The number of nitrogens with one attached hydrogen (secondary N) is 3. The van der Waals surface area contributed by atoms with E-state index in [1.165, 1.54) is 0 Å². The van der Waals surface area contributed by atoms with Crippen molar-refractivity contribution in [2.24, 2.45) is 28.9 Å². The number of aliphatic carboxylic acids is 1. The highest BCUT2D eigenvalue weighted by molar-refractivity contribution is 5.94. The van der Waals surface area contributed by atoms with Gasteiger partial charge < -0.3 is 44.0 Å². The smallest absolute Gasteiger partial charge is 0.326 e. The molecule has 12 N–H and O–H groups in total. The molecular formula is C22H43N7O6. The predicted octanol–water partition coefficient (Wildman–Crippen LogP) is -1.97. The number of nitrogens with two attached hydrogens (primary N) is 4. The maximum absolute atomic E-state index is 13.0. The second-order valence-corrected chi connectivity index (χ2v) is 8.87. The van der Waals surface area contributed by atoms with Crippen LogP contribution in [0, 0.1) is 5.92 Å². The minimum Gasteiger partial charge on any atom is -0.480 e. The third-order valence-electron chi connectivity index (χ3n) is 5.43. The summed E-state index contributed by atoms with van der Waals surface area (Å²) in [5, 5.41) is 16.9. The number of carbonyl (C=O) groups is 5. The summed E-state index contributed by atoms with van der Waals surface area (Å²) in [5.74, 6) is -4.29. The molecule has 0 heterocycles. The standard InChI is InChI=1S/C22H43N7O6/c1-13(2)18(22(34)35)29-21(33)16(9-10-17(26)30)28-20(32)15(8-4-6-12-24)27-19(31)14(25)7-3-5-11-23/h13-16,18H,3-12,23-25H2,1-2H3,(H2,26,30)(H,27,31)(H,28,32)(H,29,33)(H,34,35)/t14-,15-,16-,18-/m0/s1. The lowest BCUT2D eigenvalue weighted by Gasteiger charge is -2.26. The zero-order valence-electron chi connectivity index (χ0n) is 20.8. The first-order chi connectivity index (χ1) is 16.4. The van der Waals surface area contributed by atoms with Crippen molar-refractivity contribution in [2.45, 2.75) is 89.4 Å². The molecule has 13 nitrogen and oxygen atoms in total. The maximum Gasteiger partial charge on any atom is 0.326 e. The van der Waals surface area contributed by atoms with Gasteiger partial charge in [0.1, 0.15) is 18.1 Å². The third-order valence-corrected chi connectivity index (χ3v) is 5.43. The van der Waals surface area contributed by atoms with Gasteiger partial charge in [0, 0.05) is 6.42 Å². The van der Waals surface area contributed by atoms with Gasteiger partial charge in [-0.2, -0.15) is 0 Å². The fourth-order valence-corrected chi connectivity index (χ4v) is 3.28. The first-order valence-corrected chi connectivity index (χ1v) is 12.0. The van der Waals surface area contributed by atoms with Crippen LogP contribution in [0.15, 0.2) is 0 Å². The van der Waals surface area contributed by atoms with Crippen LogP contribution in [0.3, 0.4) is 0 Å². The van der Waals surface area contributed by atoms with E-state index in [2.05, 4.69) is 16.0 Å². The van der Waals surface area contributed by atoms with Crippen molar-refractivity contribution >= 4 is 29.6 Å². The first-order valence-electron chi connectivity index (χ1n) is 12.0. The molecule has 0 aromatic carbocycles. The monoisotopic (exact) mass is 501 g/mol. The lowest BCUT2D eigenvalue weighted by molar-refractivity contribution is -0.143. The molecule has 0 aromatic rings. The molecule has 0 aliphatic heterocycles. The van der Waals surface area contributed by atoms with Crippen LogP contribution in [0.5, 0.6) is 0 Å². The molecule has 202 valence electrons. The molecule has 0 radical (unpaired) electrons. The van der Waals surface area contributed by atoms with Crippen LogP contribution in [0.2, 0.25) is 0 Å². The van der Waals surface area contributed by atoms with Gasteiger partial charge in [-0.1, -0.05) is 20.3 Å². The molecule has 0 unspecified atom stereocenters. The number of amides is 4. The van der Waals surface area contributed by atoms with Gasteiger partial charge >= 0.3 is 5.97 Å². The molecule has 4 atom stereocenters. The fourth-order valence-electron chi connectivity index (χ4n) is 3.28. The van der Waals surface area contributed by atoms with Crippen molar-refractivity contribution < 1.29 is 29.1 Å². The van der Waals surface area contributed by atoms with Crippen LogP contribution in [-0.4, -0.2) is 72.0 Å². The highest BCUT2D eigenvalue weighted by Gasteiger charge is 2.31. The zero-order chi connectivity index (χ0) is 27.0. The summed E-state index contributed by atoms with van der Waals surface area (Å²) in [6.07, 6.45) is 2.81. The number of hydrogen-bond acceptors (Lipinski definition) is 8. The van der Waals surface area contributed by atoms with Crippen molar-refractivity contribution in [2.75, 3.05) is 13.1 Å². The Morgan fingerprint density at radius 2 is 1.23 bits per heavy atom. The molecule has 0 aliphatic rings. The quantitative estimate of drug-likeness (QED) is 0.0913. The summed E-state index contributed by atoms with van der Waals surface area (Å²) in [6.45, 7) is 4.12. The van der Waals surface area contributed by atoms with Gasteiger partial charge in [0.15, 0.2) is 0 Å². The predicted molar refractivity (Wildman–Crippen MR) is 130 cm³/mol. The van der Waals surface area contributed by atoms with Gasteiger partial charge in [0.25, 0.3) is 0 Å². The van der Waals surface area contributed by atoms with E-state index in [4.69, 9.17) is 22.9 Å². The molecule has 0 aliphatic carbocycles. The van der Waals surface area contributed by atoms with E-state index in [1.54, 1.807) is 13.8 Å². The summed E-state index contributed by atoms with van der Waals surface area (Å²) in [6, 6.07) is -4.26. The Morgan fingerprint density at radius 3 is 1.71 bits per heavy atom. The highest BCUT2D eigenvalue weighted by Crippen LogP contribution is 2.08. The Morgan fingerprint density at radius 1 is 0.743 bits per heavy atom. The molecule has 35 heavy (non-hydrogen) atoms. The number of unbranched alkanes of at least 4 members (excludes halogenated alkanes) is 2. The maximum atomic E-state index is 13.0. The van der Waals surface area contributed by atoms with Crippen molar-refractivity contribution in [3.8, 4) is 0 Å². The average Bonchev–Trinajstić information content (AvgIpc) is 2.78. The van der Waals surface area contributed by atoms with Gasteiger partial charge in [-0.3, -0.25) is 19.2 Å². The molecule has 13 heteroatoms. The van der Waals surface area contributed by atoms with Crippen molar-refractivity contribution in [1.29, 1.82) is 0 Å². The normalized spacial score (nSPS) is 14.5. The number of carboxylic acid groups (broad SMARTS) is 1. The van der Waals surface area contributed by atoms with Crippen LogP contribution in [0.4, 0.5) is 0 Å². The third kappa shape index (κ3) is 13.6. The second-order valence-electron chi connectivity index (χ2n) is 8.87. The van der Waals surface area contributed by atoms with Gasteiger partial charge in [0.05, 0.1) is 6.04 Å². The van der Waals surface area contributed by atoms with Gasteiger partial charge in [0.2, 0.25) is 23.6 Å². The topological polar surface area (TPSA) is 246 Å². The van der Waals surface area contributed by atoms with E-state index in [-0.39, 0.29) is 19.3 Å². The van der Waals surface area contributed by atoms with Crippen molar-refractivity contribution in [3.05, 3.63) is 0 Å². The number of rotatable bonds is 19. The van der Waals surface area contributed by atoms with E-state index in [0.717, 1.165) is 0 Å². The van der Waals surface area contributed by atoms with E-state index >= 15 is 0 Å². The van der Waals surface area contributed by atoms with Crippen molar-refractivity contribution in [3.63, 3.8) is 0 Å². The lowest BCUT2D eigenvalue weighted by atomic mass is 10.0. The highest BCUT2D eigenvalue weighted by atomic mass is 16.4. The number of primary amides is 1. The molecule has 0 fully saturated rings.